The predicted molar refractivity (Wildman–Crippen MR) is 165 cm³/mol. The van der Waals surface area contributed by atoms with Crippen molar-refractivity contribution >= 4 is 39.1 Å². The fraction of sp³-hybridized carbons (Fsp3) is 0.355. The Kier molecular flexibility index (Phi) is 12.1. The van der Waals surface area contributed by atoms with Gasteiger partial charge in [0.25, 0.3) is 10.0 Å². The molecule has 0 aliphatic carbocycles. The Labute approximate surface area is 253 Å². The van der Waals surface area contributed by atoms with E-state index in [0.29, 0.717) is 30.2 Å². The Morgan fingerprint density at radius 2 is 1.60 bits per heavy atom. The molecule has 0 saturated heterocycles. The maximum absolute atomic E-state index is 14.1. The maximum atomic E-state index is 14.1. The summed E-state index contributed by atoms with van der Waals surface area (Å²) in [5, 5.41) is 3.30. The number of nitrogens with one attached hydrogen (secondary N) is 1. The molecule has 3 aromatic carbocycles. The highest BCUT2D eigenvalue weighted by Gasteiger charge is 2.33. The number of halogens is 1. The van der Waals surface area contributed by atoms with Gasteiger partial charge in [0.2, 0.25) is 11.8 Å². The molecule has 11 heteroatoms. The molecule has 1 atom stereocenters. The second-order valence-electron chi connectivity index (χ2n) is 9.54. The van der Waals surface area contributed by atoms with Crippen molar-refractivity contribution in [3.05, 3.63) is 83.4 Å². The first-order chi connectivity index (χ1) is 20.2. The molecule has 0 aliphatic rings. The van der Waals surface area contributed by atoms with Gasteiger partial charge in [0, 0.05) is 24.2 Å². The van der Waals surface area contributed by atoms with Gasteiger partial charge >= 0.3 is 0 Å². The third kappa shape index (κ3) is 8.17. The van der Waals surface area contributed by atoms with Crippen molar-refractivity contribution in [2.45, 2.75) is 44.0 Å². The minimum atomic E-state index is -4.28. The second kappa shape index (κ2) is 15.5. The van der Waals surface area contributed by atoms with Gasteiger partial charge in [-0.05, 0) is 61.2 Å². The summed E-state index contributed by atoms with van der Waals surface area (Å²) in [5.74, 6) is -0.199. The van der Waals surface area contributed by atoms with Crippen molar-refractivity contribution in [1.82, 2.24) is 10.2 Å². The van der Waals surface area contributed by atoms with Crippen LogP contribution in [0.5, 0.6) is 11.5 Å². The molecule has 0 unspecified atom stereocenters. The number of hydrogen-bond acceptors (Lipinski definition) is 6. The number of hydrogen-bond donors (Lipinski definition) is 1. The van der Waals surface area contributed by atoms with Gasteiger partial charge in [-0.25, -0.2) is 8.42 Å². The Morgan fingerprint density at radius 1 is 0.929 bits per heavy atom. The molecule has 0 fully saturated rings. The number of methoxy groups -OCH3 is 2. The van der Waals surface area contributed by atoms with Crippen molar-refractivity contribution in [2.24, 2.45) is 0 Å². The number of ether oxygens (including phenoxy) is 2. The summed E-state index contributed by atoms with van der Waals surface area (Å²) in [4.78, 5) is 28.6. The van der Waals surface area contributed by atoms with Crippen LogP contribution in [-0.4, -0.2) is 65.0 Å². The molecule has 0 aromatic heterocycles. The van der Waals surface area contributed by atoms with E-state index in [-0.39, 0.29) is 28.8 Å². The number of carbonyl (C=O) groups is 2. The number of rotatable bonds is 15. The lowest BCUT2D eigenvalue weighted by Crippen LogP contribution is -2.53. The number of nitrogens with zero attached hydrogens (tertiary/aromatic N) is 2. The smallest absolute Gasteiger partial charge is 0.264 e. The lowest BCUT2D eigenvalue weighted by Gasteiger charge is -2.33. The van der Waals surface area contributed by atoms with E-state index < -0.39 is 28.5 Å². The molecule has 0 bridgehead atoms. The SMILES string of the molecule is CCCNC(=O)[C@@H](CC)N(CCc1ccccc1)C(=O)CN(c1ccc(Cl)cc1)S(=O)(=O)c1ccc(OC)c(OC)c1. The lowest BCUT2D eigenvalue weighted by molar-refractivity contribution is -0.139. The number of benzene rings is 3. The molecule has 0 saturated carbocycles. The van der Waals surface area contributed by atoms with Crippen LogP contribution in [-0.2, 0) is 26.0 Å². The van der Waals surface area contributed by atoms with Crippen LogP contribution in [0.25, 0.3) is 0 Å². The standard InChI is InChI=1S/C31H38ClN3O6S/c1-5-19-33-31(37)27(6-2)34(20-18-23-10-8-7-9-11-23)30(36)22-35(25-14-12-24(32)13-15-25)42(38,39)26-16-17-28(40-3)29(21-26)41-4/h7-17,21,27H,5-6,18-20,22H2,1-4H3,(H,33,37)/t27-/m1/s1. The quantitative estimate of drug-likeness (QED) is 0.260. The molecule has 0 aliphatic heterocycles. The topological polar surface area (TPSA) is 105 Å². The molecule has 3 rings (SSSR count). The predicted octanol–water partition coefficient (Wildman–Crippen LogP) is 4.93. The van der Waals surface area contributed by atoms with E-state index in [1.54, 1.807) is 12.1 Å². The zero-order valence-electron chi connectivity index (χ0n) is 24.4. The Bertz CT molecular complexity index is 1430. The van der Waals surface area contributed by atoms with Crippen LogP contribution in [0, 0.1) is 0 Å². The van der Waals surface area contributed by atoms with Gasteiger partial charge < -0.3 is 19.7 Å². The van der Waals surface area contributed by atoms with E-state index in [9.17, 15) is 18.0 Å². The van der Waals surface area contributed by atoms with Crippen LogP contribution in [0.15, 0.2) is 77.7 Å². The van der Waals surface area contributed by atoms with Gasteiger partial charge in [-0.3, -0.25) is 13.9 Å². The zero-order chi connectivity index (χ0) is 30.7. The van der Waals surface area contributed by atoms with Gasteiger partial charge in [-0.15, -0.1) is 0 Å². The average molecular weight is 616 g/mol. The maximum Gasteiger partial charge on any atom is 0.264 e. The van der Waals surface area contributed by atoms with Crippen molar-refractivity contribution in [3.8, 4) is 11.5 Å². The monoisotopic (exact) mass is 615 g/mol. The molecule has 0 heterocycles. The lowest BCUT2D eigenvalue weighted by atomic mass is 10.1. The first-order valence-corrected chi connectivity index (χ1v) is 15.6. The van der Waals surface area contributed by atoms with Crippen molar-refractivity contribution in [2.75, 3.05) is 38.2 Å². The minimum Gasteiger partial charge on any atom is -0.493 e. The minimum absolute atomic E-state index is 0.0912. The molecule has 9 nitrogen and oxygen atoms in total. The number of sulfonamides is 1. The molecule has 3 aromatic rings. The summed E-state index contributed by atoms with van der Waals surface area (Å²) in [6, 6.07) is 19.3. The van der Waals surface area contributed by atoms with Crippen molar-refractivity contribution in [3.63, 3.8) is 0 Å². The van der Waals surface area contributed by atoms with Crippen LogP contribution in [0.1, 0.15) is 32.3 Å². The zero-order valence-corrected chi connectivity index (χ0v) is 26.0. The molecule has 2 amide bonds. The van der Waals surface area contributed by atoms with E-state index in [1.165, 1.54) is 49.5 Å². The third-order valence-electron chi connectivity index (χ3n) is 6.76. The summed E-state index contributed by atoms with van der Waals surface area (Å²) in [6.07, 6.45) is 1.60. The number of carbonyl (C=O) groups excluding carboxylic acids is 2. The van der Waals surface area contributed by atoms with E-state index in [1.807, 2.05) is 44.2 Å². The summed E-state index contributed by atoms with van der Waals surface area (Å²) in [6.45, 7) is 3.94. The van der Waals surface area contributed by atoms with Crippen molar-refractivity contribution in [1.29, 1.82) is 0 Å². The summed E-state index contributed by atoms with van der Waals surface area (Å²) in [5.41, 5.74) is 1.24. The van der Waals surface area contributed by atoms with Gasteiger partial charge in [-0.1, -0.05) is 55.8 Å². The molecule has 0 radical (unpaired) electrons. The molecule has 42 heavy (non-hydrogen) atoms. The molecule has 1 N–H and O–H groups in total. The van der Waals surface area contributed by atoms with E-state index in [0.717, 1.165) is 16.3 Å². The molecule has 0 spiro atoms. The summed E-state index contributed by atoms with van der Waals surface area (Å²) < 4.78 is 39.8. The van der Waals surface area contributed by atoms with E-state index >= 15 is 0 Å². The van der Waals surface area contributed by atoms with E-state index in [2.05, 4.69) is 5.32 Å². The third-order valence-corrected chi connectivity index (χ3v) is 8.78. The molecular formula is C31H38ClN3O6S. The highest BCUT2D eigenvalue weighted by molar-refractivity contribution is 7.92. The fourth-order valence-electron chi connectivity index (χ4n) is 4.50. The number of amides is 2. The van der Waals surface area contributed by atoms with Crippen LogP contribution in [0.3, 0.4) is 0 Å². The highest BCUT2D eigenvalue weighted by Crippen LogP contribution is 2.32. The van der Waals surface area contributed by atoms with Gasteiger partial charge in [0.15, 0.2) is 11.5 Å². The summed E-state index contributed by atoms with van der Waals surface area (Å²) >= 11 is 6.10. The van der Waals surface area contributed by atoms with Crippen LogP contribution < -0.4 is 19.1 Å². The van der Waals surface area contributed by atoms with Crippen LogP contribution in [0.4, 0.5) is 5.69 Å². The van der Waals surface area contributed by atoms with Crippen LogP contribution >= 0.6 is 11.6 Å². The molecular weight excluding hydrogens is 578 g/mol. The average Bonchev–Trinajstić information content (AvgIpc) is 3.01. The Morgan fingerprint density at radius 3 is 2.19 bits per heavy atom. The summed E-state index contributed by atoms with van der Waals surface area (Å²) in [7, 11) is -1.42. The first-order valence-electron chi connectivity index (χ1n) is 13.8. The van der Waals surface area contributed by atoms with E-state index in [4.69, 9.17) is 21.1 Å². The van der Waals surface area contributed by atoms with Gasteiger partial charge in [0.1, 0.15) is 12.6 Å². The van der Waals surface area contributed by atoms with Crippen molar-refractivity contribution < 1.29 is 27.5 Å². The largest absolute Gasteiger partial charge is 0.493 e. The van der Waals surface area contributed by atoms with Gasteiger partial charge in [-0.2, -0.15) is 0 Å². The molecule has 226 valence electrons. The first kappa shape index (κ1) is 32.8. The normalized spacial score (nSPS) is 11.8. The Hall–Kier alpha value is -3.76. The highest BCUT2D eigenvalue weighted by atomic mass is 35.5. The fourth-order valence-corrected chi connectivity index (χ4v) is 6.06. The Balaban J connectivity index is 2.04. The van der Waals surface area contributed by atoms with Gasteiger partial charge in [0.05, 0.1) is 24.8 Å². The second-order valence-corrected chi connectivity index (χ2v) is 11.8. The van der Waals surface area contributed by atoms with Crippen LogP contribution in [0.2, 0.25) is 5.02 Å². The number of anilines is 1.